The van der Waals surface area contributed by atoms with Gasteiger partial charge in [0.15, 0.2) is 9.84 Å². The van der Waals surface area contributed by atoms with E-state index >= 15 is 0 Å². The molecule has 0 aliphatic heterocycles. The molecule has 0 aliphatic rings. The Balaban J connectivity index is 2.29. The molecule has 0 aromatic heterocycles. The van der Waals surface area contributed by atoms with E-state index in [0.717, 1.165) is 0 Å². The van der Waals surface area contributed by atoms with Crippen LogP contribution >= 0.6 is 0 Å². The van der Waals surface area contributed by atoms with Crippen LogP contribution in [0, 0.1) is 0 Å². The summed E-state index contributed by atoms with van der Waals surface area (Å²) in [5.41, 5.74) is 0.544. The third-order valence-electron chi connectivity index (χ3n) is 3.61. The zero-order valence-corrected chi connectivity index (χ0v) is 14.6. The minimum atomic E-state index is -3.73. The van der Waals surface area contributed by atoms with Gasteiger partial charge < -0.3 is 10.6 Å². The fraction of sp³-hybridized carbons (Fsp3) is 0.222. The van der Waals surface area contributed by atoms with Crippen LogP contribution in [0.1, 0.15) is 17.7 Å². The van der Waals surface area contributed by atoms with Crippen molar-refractivity contribution in [3.05, 3.63) is 66.2 Å². The zero-order valence-electron chi connectivity index (χ0n) is 13.8. The minimum Gasteiger partial charge on any atom is -0.348 e. The number of hydrogen-bond acceptors (Lipinski definition) is 4. The third-order valence-corrected chi connectivity index (χ3v) is 5.73. The molecule has 0 aliphatic carbocycles. The van der Waals surface area contributed by atoms with Crippen LogP contribution in [0.3, 0.4) is 0 Å². The van der Waals surface area contributed by atoms with Gasteiger partial charge in [0.25, 0.3) is 0 Å². The minimum absolute atomic E-state index is 0.163. The highest BCUT2D eigenvalue weighted by Crippen LogP contribution is 2.28. The predicted octanol–water partition coefficient (Wildman–Crippen LogP) is 1.45. The summed E-state index contributed by atoms with van der Waals surface area (Å²) in [7, 11) is -3.73. The Bertz CT molecular complexity index is 821. The van der Waals surface area contributed by atoms with Crippen molar-refractivity contribution in [2.45, 2.75) is 17.1 Å². The Morgan fingerprint density at radius 2 is 1.40 bits per heavy atom. The molecule has 1 atom stereocenters. The second kappa shape index (κ2) is 8.43. The van der Waals surface area contributed by atoms with Gasteiger partial charge in [-0.25, -0.2) is 8.42 Å². The van der Waals surface area contributed by atoms with Gasteiger partial charge >= 0.3 is 11.8 Å². The van der Waals surface area contributed by atoms with E-state index in [1.807, 2.05) is 0 Å². The van der Waals surface area contributed by atoms with E-state index in [1.54, 1.807) is 55.5 Å². The number of benzene rings is 2. The first kappa shape index (κ1) is 18.7. The van der Waals surface area contributed by atoms with E-state index in [0.29, 0.717) is 12.1 Å². The van der Waals surface area contributed by atoms with E-state index in [4.69, 9.17) is 0 Å². The number of carbonyl (C=O) groups excluding carboxylic acids is 2. The molecule has 0 heterocycles. The molecule has 2 amide bonds. The van der Waals surface area contributed by atoms with Gasteiger partial charge in [-0.05, 0) is 24.6 Å². The molecule has 0 spiro atoms. The normalized spacial score (nSPS) is 12.2. The Kier molecular flexibility index (Phi) is 6.30. The maximum absolute atomic E-state index is 13.0. The Morgan fingerprint density at radius 1 is 0.880 bits per heavy atom. The zero-order chi connectivity index (χ0) is 18.3. The van der Waals surface area contributed by atoms with E-state index in [2.05, 4.69) is 10.6 Å². The maximum atomic E-state index is 13.0. The highest BCUT2D eigenvalue weighted by atomic mass is 32.2. The first-order valence-electron chi connectivity index (χ1n) is 7.86. The molecule has 6 nitrogen and oxygen atoms in total. The lowest BCUT2D eigenvalue weighted by Gasteiger charge is -2.19. The van der Waals surface area contributed by atoms with Crippen molar-refractivity contribution in [1.82, 2.24) is 10.6 Å². The van der Waals surface area contributed by atoms with Gasteiger partial charge in [-0.15, -0.1) is 0 Å². The second-order valence-electron chi connectivity index (χ2n) is 5.33. The van der Waals surface area contributed by atoms with Crippen LogP contribution in [0.2, 0.25) is 0 Å². The quantitative estimate of drug-likeness (QED) is 0.763. The first-order chi connectivity index (χ1) is 12.0. The van der Waals surface area contributed by atoms with Crippen LogP contribution in [0.15, 0.2) is 65.6 Å². The molecule has 2 aromatic carbocycles. The molecule has 2 rings (SSSR count). The fourth-order valence-corrected chi connectivity index (χ4v) is 4.04. The molecule has 7 heteroatoms. The summed E-state index contributed by atoms with van der Waals surface area (Å²) >= 11 is 0. The van der Waals surface area contributed by atoms with Crippen LogP contribution in [0.5, 0.6) is 0 Å². The van der Waals surface area contributed by atoms with Crippen LogP contribution in [0.25, 0.3) is 0 Å². The van der Waals surface area contributed by atoms with Gasteiger partial charge in [0.05, 0.1) is 4.90 Å². The lowest BCUT2D eigenvalue weighted by atomic mass is 10.1. The van der Waals surface area contributed by atoms with E-state index < -0.39 is 26.9 Å². The van der Waals surface area contributed by atoms with Gasteiger partial charge in [-0.3, -0.25) is 9.59 Å². The SMILES string of the molecule is CCNC(=O)C(=O)NC[C@@H](c1ccccc1)S(=O)(=O)c1ccccc1. The van der Waals surface area contributed by atoms with Crippen molar-refractivity contribution in [3.63, 3.8) is 0 Å². The van der Waals surface area contributed by atoms with Gasteiger partial charge in [-0.1, -0.05) is 48.5 Å². The molecule has 132 valence electrons. The van der Waals surface area contributed by atoms with E-state index in [1.165, 1.54) is 12.1 Å². The molecule has 0 bridgehead atoms. The van der Waals surface area contributed by atoms with Crippen molar-refractivity contribution >= 4 is 21.7 Å². The maximum Gasteiger partial charge on any atom is 0.309 e. The molecular formula is C18H20N2O4S. The average Bonchev–Trinajstić information content (AvgIpc) is 2.63. The number of carbonyl (C=O) groups is 2. The van der Waals surface area contributed by atoms with Crippen LogP contribution in [-0.2, 0) is 19.4 Å². The van der Waals surface area contributed by atoms with Crippen molar-refractivity contribution in [3.8, 4) is 0 Å². The summed E-state index contributed by atoms with van der Waals surface area (Å²) in [6, 6.07) is 16.6. The number of hydrogen-bond donors (Lipinski definition) is 2. The van der Waals surface area contributed by atoms with Gasteiger partial charge in [-0.2, -0.15) is 0 Å². The summed E-state index contributed by atoms with van der Waals surface area (Å²) in [6.45, 7) is 1.81. The lowest BCUT2D eigenvalue weighted by molar-refractivity contribution is -0.139. The Morgan fingerprint density at radius 3 is 1.96 bits per heavy atom. The molecule has 0 saturated heterocycles. The van der Waals surface area contributed by atoms with E-state index in [9.17, 15) is 18.0 Å². The summed E-state index contributed by atoms with van der Waals surface area (Å²) in [6.07, 6.45) is 0. The Labute approximate surface area is 147 Å². The standard InChI is InChI=1S/C18H20N2O4S/c1-2-19-17(21)18(22)20-13-16(14-9-5-3-6-10-14)25(23,24)15-11-7-4-8-12-15/h3-12,16H,2,13H2,1H3,(H,19,21)(H,20,22)/t16-/m0/s1. The lowest BCUT2D eigenvalue weighted by Crippen LogP contribution is -2.42. The van der Waals surface area contributed by atoms with Crippen LogP contribution < -0.4 is 10.6 Å². The van der Waals surface area contributed by atoms with Crippen molar-refractivity contribution in [2.75, 3.05) is 13.1 Å². The molecule has 0 saturated carbocycles. The van der Waals surface area contributed by atoms with E-state index in [-0.39, 0.29) is 11.4 Å². The first-order valence-corrected chi connectivity index (χ1v) is 9.41. The number of amides is 2. The molecule has 2 aromatic rings. The largest absolute Gasteiger partial charge is 0.348 e. The molecule has 0 unspecified atom stereocenters. The highest BCUT2D eigenvalue weighted by Gasteiger charge is 2.30. The summed E-state index contributed by atoms with van der Waals surface area (Å²) in [4.78, 5) is 23.5. The molecule has 0 radical (unpaired) electrons. The second-order valence-corrected chi connectivity index (χ2v) is 7.46. The predicted molar refractivity (Wildman–Crippen MR) is 94.5 cm³/mol. The van der Waals surface area contributed by atoms with Crippen LogP contribution in [-0.4, -0.2) is 33.3 Å². The fourth-order valence-electron chi connectivity index (χ4n) is 2.36. The molecule has 2 N–H and O–H groups in total. The average molecular weight is 360 g/mol. The molecule has 25 heavy (non-hydrogen) atoms. The molecular weight excluding hydrogens is 340 g/mol. The number of sulfone groups is 1. The number of nitrogens with one attached hydrogen (secondary N) is 2. The van der Waals surface area contributed by atoms with Crippen molar-refractivity contribution in [2.24, 2.45) is 0 Å². The van der Waals surface area contributed by atoms with Gasteiger partial charge in [0, 0.05) is 13.1 Å². The number of rotatable bonds is 6. The third kappa shape index (κ3) is 4.67. The van der Waals surface area contributed by atoms with Gasteiger partial charge in [0.1, 0.15) is 5.25 Å². The smallest absolute Gasteiger partial charge is 0.309 e. The van der Waals surface area contributed by atoms with Crippen molar-refractivity contribution in [1.29, 1.82) is 0 Å². The summed E-state index contributed by atoms with van der Waals surface area (Å²) in [5.74, 6) is -1.64. The molecule has 0 fully saturated rings. The number of likely N-dealkylation sites (N-methyl/N-ethyl adjacent to an activating group) is 1. The van der Waals surface area contributed by atoms with Crippen molar-refractivity contribution < 1.29 is 18.0 Å². The Hall–Kier alpha value is -2.67. The monoisotopic (exact) mass is 360 g/mol. The summed E-state index contributed by atoms with van der Waals surface area (Å²) < 4.78 is 26.0. The van der Waals surface area contributed by atoms with Gasteiger partial charge in [0.2, 0.25) is 0 Å². The topological polar surface area (TPSA) is 92.3 Å². The summed E-state index contributed by atoms with van der Waals surface area (Å²) in [5, 5.41) is 3.80. The van der Waals surface area contributed by atoms with Crippen LogP contribution in [0.4, 0.5) is 0 Å². The highest BCUT2D eigenvalue weighted by molar-refractivity contribution is 7.91.